The number of nitrogens with zero attached hydrogens (tertiary/aromatic N) is 3. The summed E-state index contributed by atoms with van der Waals surface area (Å²) in [6, 6.07) is 0. The smallest absolute Gasteiger partial charge is 0.342 e. The predicted octanol–water partition coefficient (Wildman–Crippen LogP) is 2.72. The summed E-state index contributed by atoms with van der Waals surface area (Å²) in [5, 5.41) is 3.26. The summed E-state index contributed by atoms with van der Waals surface area (Å²) in [6.45, 7) is 6.81. The Morgan fingerprint density at radius 2 is 1.95 bits per heavy atom. The Morgan fingerprint density at radius 3 is 2.62 bits per heavy atom. The van der Waals surface area contributed by atoms with Gasteiger partial charge in [0.1, 0.15) is 16.6 Å². The lowest BCUT2D eigenvalue weighted by atomic mass is 10.1. The van der Waals surface area contributed by atoms with Crippen molar-refractivity contribution in [2.24, 2.45) is 0 Å². The van der Waals surface area contributed by atoms with Gasteiger partial charge in [-0.2, -0.15) is 0 Å². The second-order valence-corrected chi connectivity index (χ2v) is 4.68. The number of unbranched alkanes of at least 4 members (excludes halogenated alkanes) is 1. The maximum absolute atomic E-state index is 12.1. The van der Waals surface area contributed by atoms with E-state index in [0.717, 1.165) is 19.4 Å². The molecule has 2 heterocycles. The normalized spacial score (nSPS) is 10.6. The number of esters is 1. The lowest BCUT2D eigenvalue weighted by molar-refractivity contribution is 0.0527. The first kappa shape index (κ1) is 15.2. The molecular formula is C15H20N4O2. The van der Waals surface area contributed by atoms with Crippen molar-refractivity contribution in [3.8, 4) is 0 Å². The van der Waals surface area contributed by atoms with Crippen LogP contribution in [-0.4, -0.2) is 34.1 Å². The Balaban J connectivity index is 2.50. The molecule has 21 heavy (non-hydrogen) atoms. The van der Waals surface area contributed by atoms with Gasteiger partial charge in [0.05, 0.1) is 12.3 Å². The number of anilines is 1. The molecule has 0 spiro atoms. The van der Waals surface area contributed by atoms with Crippen LogP contribution in [0, 0.1) is 6.92 Å². The third-order valence-corrected chi connectivity index (χ3v) is 3.10. The number of aryl methyl sites for hydroxylation is 1. The van der Waals surface area contributed by atoms with Crippen molar-refractivity contribution in [1.82, 2.24) is 15.0 Å². The molecule has 0 unspecified atom stereocenters. The lowest BCUT2D eigenvalue weighted by Gasteiger charge is -2.12. The van der Waals surface area contributed by atoms with Crippen LogP contribution in [0.25, 0.3) is 11.0 Å². The van der Waals surface area contributed by atoms with Crippen molar-refractivity contribution < 1.29 is 9.53 Å². The number of hydrogen-bond acceptors (Lipinski definition) is 6. The number of fused-ring (bicyclic) bond motifs is 1. The number of ether oxygens (including phenoxy) is 1. The van der Waals surface area contributed by atoms with Gasteiger partial charge in [0, 0.05) is 18.9 Å². The molecule has 0 fully saturated rings. The van der Waals surface area contributed by atoms with Crippen LogP contribution in [0.5, 0.6) is 0 Å². The zero-order valence-corrected chi connectivity index (χ0v) is 12.6. The van der Waals surface area contributed by atoms with E-state index in [1.54, 1.807) is 26.2 Å². The number of nitrogens with one attached hydrogen (secondary N) is 1. The van der Waals surface area contributed by atoms with E-state index in [-0.39, 0.29) is 0 Å². The van der Waals surface area contributed by atoms with E-state index in [1.165, 1.54) is 0 Å². The van der Waals surface area contributed by atoms with Crippen molar-refractivity contribution in [3.63, 3.8) is 0 Å². The standard InChI is InChI=1S/C15H20N4O2/c1-4-6-7-18-14-13-12(16-8-9-17-13)11(10(3)19-14)15(20)21-5-2/h8-9H,4-7H2,1-3H3,(H,18,19). The second kappa shape index (κ2) is 6.97. The molecule has 0 atom stereocenters. The van der Waals surface area contributed by atoms with Crippen LogP contribution in [0.1, 0.15) is 42.7 Å². The van der Waals surface area contributed by atoms with Crippen LogP contribution < -0.4 is 5.32 Å². The molecule has 0 radical (unpaired) electrons. The summed E-state index contributed by atoms with van der Waals surface area (Å²) in [6.07, 6.45) is 5.30. The largest absolute Gasteiger partial charge is 0.462 e. The molecule has 112 valence electrons. The average molecular weight is 288 g/mol. The van der Waals surface area contributed by atoms with Crippen LogP contribution in [0.2, 0.25) is 0 Å². The highest BCUT2D eigenvalue weighted by atomic mass is 16.5. The molecular weight excluding hydrogens is 268 g/mol. The van der Waals surface area contributed by atoms with Gasteiger partial charge in [-0.15, -0.1) is 0 Å². The van der Waals surface area contributed by atoms with Crippen molar-refractivity contribution in [2.45, 2.75) is 33.6 Å². The minimum absolute atomic E-state index is 0.316. The van der Waals surface area contributed by atoms with Crippen molar-refractivity contribution in [3.05, 3.63) is 23.7 Å². The van der Waals surface area contributed by atoms with Gasteiger partial charge >= 0.3 is 5.97 Å². The van der Waals surface area contributed by atoms with Crippen molar-refractivity contribution in [1.29, 1.82) is 0 Å². The number of hydrogen-bond donors (Lipinski definition) is 1. The number of carbonyl (C=O) groups excluding carboxylic acids is 1. The van der Waals surface area contributed by atoms with Crippen LogP contribution >= 0.6 is 0 Å². The van der Waals surface area contributed by atoms with Gasteiger partial charge in [0.2, 0.25) is 0 Å². The first-order valence-electron chi connectivity index (χ1n) is 7.21. The zero-order chi connectivity index (χ0) is 15.2. The van der Waals surface area contributed by atoms with Crippen molar-refractivity contribution in [2.75, 3.05) is 18.5 Å². The van der Waals surface area contributed by atoms with E-state index in [1.807, 2.05) is 0 Å². The van der Waals surface area contributed by atoms with E-state index in [0.29, 0.717) is 34.7 Å². The summed E-state index contributed by atoms with van der Waals surface area (Å²) in [4.78, 5) is 25.2. The van der Waals surface area contributed by atoms with Crippen LogP contribution in [0.15, 0.2) is 12.4 Å². The topological polar surface area (TPSA) is 77.0 Å². The van der Waals surface area contributed by atoms with E-state index >= 15 is 0 Å². The van der Waals surface area contributed by atoms with Gasteiger partial charge in [-0.3, -0.25) is 4.98 Å². The molecule has 0 saturated heterocycles. The number of pyridine rings is 1. The molecule has 0 aliphatic carbocycles. The van der Waals surface area contributed by atoms with E-state index in [2.05, 4.69) is 27.2 Å². The Labute approximate surface area is 124 Å². The van der Waals surface area contributed by atoms with E-state index in [4.69, 9.17) is 4.74 Å². The fourth-order valence-electron chi connectivity index (χ4n) is 2.10. The molecule has 2 aromatic heterocycles. The SMILES string of the molecule is CCCCNc1nc(C)c(C(=O)OCC)c2nccnc12. The Hall–Kier alpha value is -2.24. The van der Waals surface area contributed by atoms with Gasteiger partial charge in [-0.1, -0.05) is 13.3 Å². The lowest BCUT2D eigenvalue weighted by Crippen LogP contribution is -2.13. The predicted molar refractivity (Wildman–Crippen MR) is 81.4 cm³/mol. The second-order valence-electron chi connectivity index (χ2n) is 4.68. The molecule has 6 heteroatoms. The summed E-state index contributed by atoms with van der Waals surface area (Å²) in [5.41, 5.74) is 2.12. The maximum atomic E-state index is 12.1. The maximum Gasteiger partial charge on any atom is 0.342 e. The number of rotatable bonds is 6. The van der Waals surface area contributed by atoms with Gasteiger partial charge in [0.15, 0.2) is 5.82 Å². The quantitative estimate of drug-likeness (QED) is 0.650. The minimum atomic E-state index is -0.409. The minimum Gasteiger partial charge on any atom is -0.462 e. The van der Waals surface area contributed by atoms with Crippen molar-refractivity contribution >= 4 is 22.8 Å². The van der Waals surface area contributed by atoms with Crippen LogP contribution in [0.3, 0.4) is 0 Å². The Bertz CT molecular complexity index is 643. The fraction of sp³-hybridized carbons (Fsp3) is 0.467. The third-order valence-electron chi connectivity index (χ3n) is 3.10. The van der Waals surface area contributed by atoms with Gasteiger partial charge in [0.25, 0.3) is 0 Å². The first-order valence-corrected chi connectivity index (χ1v) is 7.21. The first-order chi connectivity index (χ1) is 10.2. The summed E-state index contributed by atoms with van der Waals surface area (Å²) in [5.74, 6) is 0.255. The highest BCUT2D eigenvalue weighted by Gasteiger charge is 2.20. The Kier molecular flexibility index (Phi) is 5.03. The Morgan fingerprint density at radius 1 is 1.24 bits per heavy atom. The van der Waals surface area contributed by atoms with Crippen LogP contribution in [-0.2, 0) is 4.74 Å². The molecule has 0 aliphatic heterocycles. The monoisotopic (exact) mass is 288 g/mol. The molecule has 6 nitrogen and oxygen atoms in total. The summed E-state index contributed by atoms with van der Waals surface area (Å²) >= 11 is 0. The summed E-state index contributed by atoms with van der Waals surface area (Å²) < 4.78 is 5.09. The molecule has 0 aliphatic rings. The number of aromatic nitrogens is 3. The number of carbonyl (C=O) groups is 1. The van der Waals surface area contributed by atoms with Gasteiger partial charge in [-0.05, 0) is 20.3 Å². The van der Waals surface area contributed by atoms with E-state index in [9.17, 15) is 4.79 Å². The highest BCUT2D eigenvalue weighted by Crippen LogP contribution is 2.24. The van der Waals surface area contributed by atoms with Gasteiger partial charge in [-0.25, -0.2) is 14.8 Å². The van der Waals surface area contributed by atoms with Gasteiger partial charge < -0.3 is 10.1 Å². The van der Waals surface area contributed by atoms with E-state index < -0.39 is 5.97 Å². The zero-order valence-electron chi connectivity index (χ0n) is 12.6. The molecule has 0 aromatic carbocycles. The molecule has 0 amide bonds. The highest BCUT2D eigenvalue weighted by molar-refractivity contribution is 6.05. The van der Waals surface area contributed by atoms with Crippen LogP contribution in [0.4, 0.5) is 5.82 Å². The average Bonchev–Trinajstić information content (AvgIpc) is 2.47. The molecule has 2 aromatic rings. The summed E-state index contributed by atoms with van der Waals surface area (Å²) in [7, 11) is 0. The third kappa shape index (κ3) is 3.26. The molecule has 2 rings (SSSR count). The molecule has 0 bridgehead atoms. The fourth-order valence-corrected chi connectivity index (χ4v) is 2.10. The molecule has 0 saturated carbocycles. The molecule has 1 N–H and O–H groups in total.